The van der Waals surface area contributed by atoms with Crippen LogP contribution in [0.3, 0.4) is 0 Å². The molecule has 3 N–H and O–H groups in total. The quantitative estimate of drug-likeness (QED) is 0.855. The summed E-state index contributed by atoms with van der Waals surface area (Å²) < 4.78 is 27.4. The number of nitrogens with one attached hydrogen (secondary N) is 1. The summed E-state index contributed by atoms with van der Waals surface area (Å²) in [6.07, 6.45) is 0. The van der Waals surface area contributed by atoms with Crippen molar-refractivity contribution in [2.24, 2.45) is 5.14 Å². The number of methoxy groups -OCH3 is 1. The maximum atomic E-state index is 10.7. The first-order valence-corrected chi connectivity index (χ1v) is 7.00. The number of sulfonamides is 1. The standard InChI is InChI=1S/C9H13BrN2O3S/c1-15-9-5-7(10)4-8(6-9)12-2-3-16(11,13)14/h4-6,12H,2-3H2,1H3,(H2,11,13,14). The molecule has 0 fully saturated rings. The third-order valence-electron chi connectivity index (χ3n) is 1.82. The van der Waals surface area contributed by atoms with Gasteiger partial charge in [-0.2, -0.15) is 0 Å². The van der Waals surface area contributed by atoms with Gasteiger partial charge in [-0.05, 0) is 12.1 Å². The predicted molar refractivity (Wildman–Crippen MR) is 67.2 cm³/mol. The van der Waals surface area contributed by atoms with Crippen LogP contribution in [0.5, 0.6) is 5.75 Å². The van der Waals surface area contributed by atoms with E-state index in [1.54, 1.807) is 13.2 Å². The molecule has 0 amide bonds. The fraction of sp³-hybridized carbons (Fsp3) is 0.333. The van der Waals surface area contributed by atoms with Crippen molar-refractivity contribution in [1.82, 2.24) is 0 Å². The Morgan fingerprint density at radius 1 is 1.44 bits per heavy atom. The molecular weight excluding hydrogens is 296 g/mol. The van der Waals surface area contributed by atoms with Gasteiger partial charge >= 0.3 is 0 Å². The van der Waals surface area contributed by atoms with E-state index in [0.29, 0.717) is 5.75 Å². The maximum Gasteiger partial charge on any atom is 0.210 e. The van der Waals surface area contributed by atoms with Crippen LogP contribution >= 0.6 is 15.9 Å². The van der Waals surface area contributed by atoms with Gasteiger partial charge in [0.05, 0.1) is 12.9 Å². The molecule has 7 heteroatoms. The van der Waals surface area contributed by atoms with Crippen LogP contribution in [-0.4, -0.2) is 27.8 Å². The predicted octanol–water partition coefficient (Wildman–Crippen LogP) is 1.16. The first-order chi connectivity index (χ1) is 7.40. The minimum atomic E-state index is -3.43. The first kappa shape index (κ1) is 13.3. The number of benzene rings is 1. The van der Waals surface area contributed by atoms with Gasteiger partial charge < -0.3 is 10.1 Å². The summed E-state index contributed by atoms with van der Waals surface area (Å²) in [5.74, 6) is 0.578. The van der Waals surface area contributed by atoms with Gasteiger partial charge in [-0.25, -0.2) is 13.6 Å². The van der Waals surface area contributed by atoms with E-state index in [0.717, 1.165) is 10.2 Å². The molecule has 16 heavy (non-hydrogen) atoms. The lowest BCUT2D eigenvalue weighted by Gasteiger charge is -2.08. The van der Waals surface area contributed by atoms with Gasteiger partial charge in [0.2, 0.25) is 10.0 Å². The van der Waals surface area contributed by atoms with Crippen molar-refractivity contribution in [2.45, 2.75) is 0 Å². The minimum Gasteiger partial charge on any atom is -0.497 e. The first-order valence-electron chi connectivity index (χ1n) is 4.49. The van der Waals surface area contributed by atoms with Crippen molar-refractivity contribution in [3.63, 3.8) is 0 Å². The smallest absolute Gasteiger partial charge is 0.210 e. The van der Waals surface area contributed by atoms with E-state index in [9.17, 15) is 8.42 Å². The molecule has 0 aliphatic rings. The van der Waals surface area contributed by atoms with Gasteiger partial charge in [0.1, 0.15) is 5.75 Å². The second-order valence-electron chi connectivity index (χ2n) is 3.17. The third kappa shape index (κ3) is 4.82. The summed E-state index contributed by atoms with van der Waals surface area (Å²) >= 11 is 3.32. The number of anilines is 1. The van der Waals surface area contributed by atoms with E-state index in [-0.39, 0.29) is 12.3 Å². The highest BCUT2D eigenvalue weighted by atomic mass is 79.9. The molecule has 0 saturated heterocycles. The molecule has 1 rings (SSSR count). The molecule has 0 aliphatic carbocycles. The number of ether oxygens (including phenoxy) is 1. The van der Waals surface area contributed by atoms with E-state index in [4.69, 9.17) is 9.88 Å². The second kappa shape index (κ2) is 5.51. The Balaban J connectivity index is 2.63. The molecule has 0 bridgehead atoms. The highest BCUT2D eigenvalue weighted by Gasteiger charge is 2.03. The number of hydrogen-bond acceptors (Lipinski definition) is 4. The third-order valence-corrected chi connectivity index (χ3v) is 3.05. The molecule has 0 heterocycles. The van der Waals surface area contributed by atoms with Gasteiger partial charge in [0.25, 0.3) is 0 Å². The molecule has 0 unspecified atom stereocenters. The molecule has 1 aromatic rings. The van der Waals surface area contributed by atoms with E-state index >= 15 is 0 Å². The summed E-state index contributed by atoms with van der Waals surface area (Å²) in [6, 6.07) is 5.41. The Kier molecular flexibility index (Phi) is 4.57. The van der Waals surface area contributed by atoms with Crippen LogP contribution in [-0.2, 0) is 10.0 Å². The average Bonchev–Trinajstić information content (AvgIpc) is 2.14. The van der Waals surface area contributed by atoms with Crippen molar-refractivity contribution in [1.29, 1.82) is 0 Å². The molecular formula is C9H13BrN2O3S. The lowest BCUT2D eigenvalue weighted by Crippen LogP contribution is -2.22. The number of halogens is 1. The Bertz CT molecular complexity index is 462. The normalized spacial score (nSPS) is 11.2. The van der Waals surface area contributed by atoms with Crippen molar-refractivity contribution >= 4 is 31.6 Å². The molecule has 0 aromatic heterocycles. The summed E-state index contributed by atoms with van der Waals surface area (Å²) in [5, 5.41) is 7.83. The highest BCUT2D eigenvalue weighted by molar-refractivity contribution is 9.10. The fourth-order valence-corrected chi connectivity index (χ4v) is 1.98. The van der Waals surface area contributed by atoms with Gasteiger partial charge in [-0.3, -0.25) is 0 Å². The Labute approximate surface area is 103 Å². The fourth-order valence-electron chi connectivity index (χ4n) is 1.12. The van der Waals surface area contributed by atoms with Crippen LogP contribution in [0.25, 0.3) is 0 Å². The van der Waals surface area contributed by atoms with Crippen molar-refractivity contribution in [2.75, 3.05) is 24.7 Å². The summed E-state index contributed by atoms with van der Waals surface area (Å²) in [6.45, 7) is 0.262. The zero-order valence-electron chi connectivity index (χ0n) is 8.73. The minimum absolute atomic E-state index is 0.109. The van der Waals surface area contributed by atoms with Crippen LogP contribution in [0.4, 0.5) is 5.69 Å². The van der Waals surface area contributed by atoms with E-state index in [1.165, 1.54) is 0 Å². The Morgan fingerprint density at radius 3 is 2.69 bits per heavy atom. The van der Waals surface area contributed by atoms with Crippen LogP contribution in [0.2, 0.25) is 0 Å². The van der Waals surface area contributed by atoms with Crippen LogP contribution < -0.4 is 15.2 Å². The molecule has 5 nitrogen and oxygen atoms in total. The summed E-state index contributed by atoms with van der Waals surface area (Å²) in [7, 11) is -1.86. The zero-order chi connectivity index (χ0) is 12.2. The topological polar surface area (TPSA) is 81.4 Å². The Hall–Kier alpha value is -0.790. The molecule has 0 aliphatic heterocycles. The second-order valence-corrected chi connectivity index (χ2v) is 5.82. The van der Waals surface area contributed by atoms with E-state index < -0.39 is 10.0 Å². The van der Waals surface area contributed by atoms with Gasteiger partial charge in [0, 0.05) is 22.8 Å². The number of rotatable bonds is 5. The number of primary sulfonamides is 1. The number of nitrogens with two attached hydrogens (primary N) is 1. The number of hydrogen-bond donors (Lipinski definition) is 2. The lowest BCUT2D eigenvalue weighted by atomic mass is 10.3. The van der Waals surface area contributed by atoms with Crippen molar-refractivity contribution in [3.8, 4) is 5.75 Å². The monoisotopic (exact) mass is 308 g/mol. The van der Waals surface area contributed by atoms with E-state index in [1.807, 2.05) is 12.1 Å². The Morgan fingerprint density at radius 2 is 2.12 bits per heavy atom. The largest absolute Gasteiger partial charge is 0.497 e. The van der Waals surface area contributed by atoms with Crippen LogP contribution in [0, 0.1) is 0 Å². The van der Waals surface area contributed by atoms with Gasteiger partial charge in [-0.1, -0.05) is 15.9 Å². The van der Waals surface area contributed by atoms with E-state index in [2.05, 4.69) is 21.2 Å². The maximum absolute atomic E-state index is 10.7. The lowest BCUT2D eigenvalue weighted by molar-refractivity contribution is 0.414. The summed E-state index contributed by atoms with van der Waals surface area (Å²) in [4.78, 5) is 0. The zero-order valence-corrected chi connectivity index (χ0v) is 11.1. The molecule has 0 atom stereocenters. The van der Waals surface area contributed by atoms with Crippen LogP contribution in [0.15, 0.2) is 22.7 Å². The SMILES string of the molecule is COc1cc(Br)cc(NCCS(N)(=O)=O)c1. The molecule has 90 valence electrons. The van der Waals surface area contributed by atoms with Crippen LogP contribution in [0.1, 0.15) is 0 Å². The molecule has 0 radical (unpaired) electrons. The van der Waals surface area contributed by atoms with Gasteiger partial charge in [-0.15, -0.1) is 0 Å². The van der Waals surface area contributed by atoms with Gasteiger partial charge in [0.15, 0.2) is 0 Å². The average molecular weight is 309 g/mol. The molecule has 0 saturated carbocycles. The van der Waals surface area contributed by atoms with Crippen molar-refractivity contribution < 1.29 is 13.2 Å². The molecule has 0 spiro atoms. The highest BCUT2D eigenvalue weighted by Crippen LogP contribution is 2.24. The molecule has 1 aromatic carbocycles. The van der Waals surface area contributed by atoms with Crippen molar-refractivity contribution in [3.05, 3.63) is 22.7 Å². The summed E-state index contributed by atoms with van der Waals surface area (Å²) in [5.41, 5.74) is 0.773.